The molecule has 0 spiro atoms. The van der Waals surface area contributed by atoms with E-state index in [4.69, 9.17) is 0 Å². The van der Waals surface area contributed by atoms with Crippen molar-refractivity contribution in [2.75, 3.05) is 0 Å². The zero-order valence-electron chi connectivity index (χ0n) is 17.0. The van der Waals surface area contributed by atoms with Gasteiger partial charge in [0.15, 0.2) is 8.68 Å². The van der Waals surface area contributed by atoms with E-state index in [2.05, 4.69) is 86.4 Å². The highest BCUT2D eigenvalue weighted by Crippen LogP contribution is 2.32. The number of nitrogens with zero attached hydrogens (tertiary/aromatic N) is 2. The summed E-state index contributed by atoms with van der Waals surface area (Å²) in [6, 6.07) is 17.9. The van der Waals surface area contributed by atoms with Gasteiger partial charge in [0.25, 0.3) is 0 Å². The maximum absolute atomic E-state index is 4.35. The molecule has 3 rings (SSSR count). The SMILES string of the molecule is CCC(C)c1ccc(CSc2nnc(SCc3ccc(C(C)C)cc3)s2)cc1. The van der Waals surface area contributed by atoms with Crippen LogP contribution in [0.25, 0.3) is 0 Å². The molecule has 28 heavy (non-hydrogen) atoms. The summed E-state index contributed by atoms with van der Waals surface area (Å²) >= 11 is 5.24. The van der Waals surface area contributed by atoms with Crippen molar-refractivity contribution >= 4 is 34.9 Å². The molecule has 0 aliphatic rings. The molecule has 1 atom stereocenters. The summed E-state index contributed by atoms with van der Waals surface area (Å²) in [6.07, 6.45) is 1.18. The summed E-state index contributed by atoms with van der Waals surface area (Å²) in [5, 5.41) is 8.70. The van der Waals surface area contributed by atoms with Crippen LogP contribution in [0.3, 0.4) is 0 Å². The molecule has 0 N–H and O–H groups in total. The minimum absolute atomic E-state index is 0.579. The molecule has 2 aromatic carbocycles. The fourth-order valence-corrected chi connectivity index (χ4v) is 5.71. The second-order valence-electron chi connectivity index (χ2n) is 7.36. The Labute approximate surface area is 181 Å². The van der Waals surface area contributed by atoms with Crippen molar-refractivity contribution in [2.45, 2.75) is 66.1 Å². The summed E-state index contributed by atoms with van der Waals surface area (Å²) < 4.78 is 2.09. The van der Waals surface area contributed by atoms with E-state index >= 15 is 0 Å². The lowest BCUT2D eigenvalue weighted by Gasteiger charge is -2.09. The van der Waals surface area contributed by atoms with Gasteiger partial charge in [-0.25, -0.2) is 0 Å². The Morgan fingerprint density at radius 1 is 0.750 bits per heavy atom. The topological polar surface area (TPSA) is 25.8 Å². The van der Waals surface area contributed by atoms with E-state index < -0.39 is 0 Å². The van der Waals surface area contributed by atoms with E-state index in [-0.39, 0.29) is 0 Å². The predicted molar refractivity (Wildman–Crippen MR) is 125 cm³/mol. The van der Waals surface area contributed by atoms with Crippen molar-refractivity contribution in [3.8, 4) is 0 Å². The molecule has 1 heterocycles. The Hall–Kier alpha value is -1.30. The van der Waals surface area contributed by atoms with Crippen molar-refractivity contribution in [3.05, 3.63) is 70.8 Å². The van der Waals surface area contributed by atoms with E-state index in [0.29, 0.717) is 11.8 Å². The second kappa shape index (κ2) is 10.5. The van der Waals surface area contributed by atoms with Gasteiger partial charge < -0.3 is 0 Å². The van der Waals surface area contributed by atoms with Crippen LogP contribution in [0.5, 0.6) is 0 Å². The zero-order valence-corrected chi connectivity index (χ0v) is 19.5. The first-order valence-corrected chi connectivity index (χ1v) is 12.6. The van der Waals surface area contributed by atoms with Gasteiger partial charge in [-0.15, -0.1) is 10.2 Å². The van der Waals surface area contributed by atoms with Crippen molar-refractivity contribution in [2.24, 2.45) is 0 Å². The molecule has 1 unspecified atom stereocenters. The van der Waals surface area contributed by atoms with Gasteiger partial charge in [0.05, 0.1) is 0 Å². The molecule has 3 aromatic rings. The summed E-state index contributed by atoms with van der Waals surface area (Å²) in [5.41, 5.74) is 5.49. The number of thioether (sulfide) groups is 2. The number of hydrogen-bond acceptors (Lipinski definition) is 5. The highest BCUT2D eigenvalue weighted by Gasteiger charge is 2.08. The Kier molecular flexibility index (Phi) is 8.00. The Morgan fingerprint density at radius 2 is 1.21 bits per heavy atom. The number of rotatable bonds is 9. The normalized spacial score (nSPS) is 12.5. The molecule has 1 aromatic heterocycles. The fraction of sp³-hybridized carbons (Fsp3) is 0.391. The van der Waals surface area contributed by atoms with Crippen LogP contribution in [0.4, 0.5) is 0 Å². The van der Waals surface area contributed by atoms with Crippen molar-refractivity contribution in [3.63, 3.8) is 0 Å². The van der Waals surface area contributed by atoms with E-state index in [1.807, 2.05) is 0 Å². The number of benzene rings is 2. The van der Waals surface area contributed by atoms with Gasteiger partial charge >= 0.3 is 0 Å². The molecule has 0 radical (unpaired) electrons. The molecular weight excluding hydrogens is 400 g/mol. The van der Waals surface area contributed by atoms with Gasteiger partial charge in [-0.1, -0.05) is 111 Å². The van der Waals surface area contributed by atoms with Crippen LogP contribution < -0.4 is 0 Å². The smallest absolute Gasteiger partial charge is 0.131 e. The first-order chi connectivity index (χ1) is 13.5. The standard InChI is InChI=1S/C23H28N2S3/c1-5-17(4)21-12-8-19(9-13-21)15-27-23-25-24-22(28-23)26-14-18-6-10-20(11-7-18)16(2)3/h6-13,16-17H,5,14-15H2,1-4H3. The van der Waals surface area contributed by atoms with Crippen LogP contribution in [-0.4, -0.2) is 10.2 Å². The largest absolute Gasteiger partial charge is 0.175 e. The summed E-state index contributed by atoms with van der Waals surface area (Å²) in [4.78, 5) is 0. The van der Waals surface area contributed by atoms with Crippen LogP contribution in [0.15, 0.2) is 57.2 Å². The molecule has 0 aliphatic heterocycles. The fourth-order valence-electron chi connectivity index (χ4n) is 2.78. The first kappa shape index (κ1) is 21.4. The van der Waals surface area contributed by atoms with Gasteiger partial charge in [0.2, 0.25) is 0 Å². The molecule has 5 heteroatoms. The lowest BCUT2D eigenvalue weighted by molar-refractivity contribution is 0.733. The molecule has 0 saturated heterocycles. The molecule has 148 valence electrons. The average molecular weight is 429 g/mol. The summed E-state index contributed by atoms with van der Waals surface area (Å²) in [5.74, 6) is 3.09. The van der Waals surface area contributed by atoms with Crippen LogP contribution in [0.2, 0.25) is 0 Å². The maximum Gasteiger partial charge on any atom is 0.175 e. The average Bonchev–Trinajstić information content (AvgIpc) is 3.18. The van der Waals surface area contributed by atoms with Crippen molar-refractivity contribution < 1.29 is 0 Å². The lowest BCUT2D eigenvalue weighted by Crippen LogP contribution is -1.91. The molecule has 0 saturated carbocycles. The van der Waals surface area contributed by atoms with Crippen molar-refractivity contribution in [1.82, 2.24) is 10.2 Å². The van der Waals surface area contributed by atoms with Gasteiger partial charge in [-0.3, -0.25) is 0 Å². The number of aromatic nitrogens is 2. The summed E-state index contributed by atoms with van der Waals surface area (Å²) in [6.45, 7) is 8.97. The van der Waals surface area contributed by atoms with Crippen LogP contribution in [-0.2, 0) is 11.5 Å². The predicted octanol–water partition coefficient (Wildman–Crippen LogP) is 7.76. The minimum atomic E-state index is 0.579. The highest BCUT2D eigenvalue weighted by atomic mass is 32.2. The number of hydrogen-bond donors (Lipinski definition) is 0. The van der Waals surface area contributed by atoms with Crippen LogP contribution in [0, 0.1) is 0 Å². The Balaban J connectivity index is 1.48. The van der Waals surface area contributed by atoms with E-state index in [9.17, 15) is 0 Å². The second-order valence-corrected chi connectivity index (χ2v) is 10.8. The maximum atomic E-state index is 4.35. The highest BCUT2D eigenvalue weighted by molar-refractivity contribution is 8.02. The third-order valence-electron chi connectivity index (χ3n) is 4.92. The molecule has 0 bridgehead atoms. The first-order valence-electron chi connectivity index (χ1n) is 9.82. The lowest BCUT2D eigenvalue weighted by atomic mass is 9.98. The molecule has 0 amide bonds. The van der Waals surface area contributed by atoms with Crippen molar-refractivity contribution in [1.29, 1.82) is 0 Å². The quantitative estimate of drug-likeness (QED) is 0.325. The monoisotopic (exact) mass is 428 g/mol. The molecule has 2 nitrogen and oxygen atoms in total. The molecular formula is C23H28N2S3. The minimum Gasteiger partial charge on any atom is -0.131 e. The van der Waals surface area contributed by atoms with Gasteiger partial charge in [0, 0.05) is 11.5 Å². The Morgan fingerprint density at radius 3 is 1.64 bits per heavy atom. The zero-order chi connectivity index (χ0) is 19.9. The van der Waals surface area contributed by atoms with Gasteiger partial charge in [-0.2, -0.15) is 0 Å². The van der Waals surface area contributed by atoms with Gasteiger partial charge in [0.1, 0.15) is 0 Å². The van der Waals surface area contributed by atoms with Gasteiger partial charge in [-0.05, 0) is 40.5 Å². The van der Waals surface area contributed by atoms with Crippen LogP contribution in [0.1, 0.15) is 68.2 Å². The third-order valence-corrected chi connectivity index (χ3v) is 8.25. The van der Waals surface area contributed by atoms with E-state index in [1.165, 1.54) is 28.7 Å². The molecule has 0 fully saturated rings. The molecule has 0 aliphatic carbocycles. The van der Waals surface area contributed by atoms with Crippen LogP contribution >= 0.6 is 34.9 Å². The third kappa shape index (κ3) is 6.10. The summed E-state index contributed by atoms with van der Waals surface area (Å²) in [7, 11) is 0. The van der Waals surface area contributed by atoms with E-state index in [1.54, 1.807) is 34.9 Å². The Bertz CT molecular complexity index is 854. The van der Waals surface area contributed by atoms with E-state index in [0.717, 1.165) is 20.2 Å².